The molecule has 2 aromatic rings. The number of nitrogens with zero attached hydrogens (tertiary/aromatic N) is 1. The first kappa shape index (κ1) is 11.0. The van der Waals surface area contributed by atoms with Crippen LogP contribution in [0.2, 0.25) is 0 Å². The SMILES string of the molecule is C1=CC(Cc2ccccc2)=c2ccccc2=NC1. The summed E-state index contributed by atoms with van der Waals surface area (Å²) in [5, 5.41) is 2.36. The number of rotatable bonds is 2. The summed E-state index contributed by atoms with van der Waals surface area (Å²) in [7, 11) is 0. The van der Waals surface area contributed by atoms with Gasteiger partial charge < -0.3 is 0 Å². The minimum Gasteiger partial charge on any atom is -0.281 e. The molecule has 2 aromatic carbocycles. The van der Waals surface area contributed by atoms with Gasteiger partial charge in [0.15, 0.2) is 0 Å². The van der Waals surface area contributed by atoms with Crippen molar-refractivity contribution in [1.82, 2.24) is 0 Å². The Balaban J connectivity index is 2.12. The first-order chi connectivity index (χ1) is 8.93. The maximum atomic E-state index is 4.57. The Labute approximate surface area is 107 Å². The van der Waals surface area contributed by atoms with Crippen molar-refractivity contribution in [3.63, 3.8) is 0 Å². The molecule has 0 unspecified atom stereocenters. The molecule has 1 nitrogen and oxygen atoms in total. The lowest BCUT2D eigenvalue weighted by Crippen LogP contribution is -2.26. The van der Waals surface area contributed by atoms with Gasteiger partial charge in [-0.1, -0.05) is 60.7 Å². The van der Waals surface area contributed by atoms with E-state index >= 15 is 0 Å². The van der Waals surface area contributed by atoms with Crippen LogP contribution in [0, 0.1) is 0 Å². The Kier molecular flexibility index (Phi) is 3.05. The summed E-state index contributed by atoms with van der Waals surface area (Å²) >= 11 is 0. The van der Waals surface area contributed by atoms with Gasteiger partial charge in [-0.2, -0.15) is 0 Å². The molecule has 0 atom stereocenters. The zero-order valence-corrected chi connectivity index (χ0v) is 10.2. The van der Waals surface area contributed by atoms with Gasteiger partial charge in [-0.15, -0.1) is 0 Å². The molecule has 3 rings (SSSR count). The predicted octanol–water partition coefficient (Wildman–Crippen LogP) is 2.27. The van der Waals surface area contributed by atoms with E-state index in [4.69, 9.17) is 0 Å². The van der Waals surface area contributed by atoms with Crippen molar-refractivity contribution in [2.45, 2.75) is 6.42 Å². The molecule has 88 valence electrons. The molecule has 1 aliphatic heterocycles. The molecule has 0 saturated heterocycles. The number of hydrogen-bond acceptors (Lipinski definition) is 1. The highest BCUT2D eigenvalue weighted by molar-refractivity contribution is 5.59. The standard InChI is InChI=1S/C17H15N/c1-2-7-14(8-3-1)13-15-9-6-12-18-17-11-5-4-10-16(15)17/h1-11H,12-13H2. The van der Waals surface area contributed by atoms with Crippen molar-refractivity contribution in [2.75, 3.05) is 6.54 Å². The quantitative estimate of drug-likeness (QED) is 0.754. The van der Waals surface area contributed by atoms with E-state index < -0.39 is 0 Å². The van der Waals surface area contributed by atoms with Crippen LogP contribution in [0.3, 0.4) is 0 Å². The smallest absolute Gasteiger partial charge is 0.0653 e. The van der Waals surface area contributed by atoms with Crippen LogP contribution >= 0.6 is 0 Å². The van der Waals surface area contributed by atoms with Crippen molar-refractivity contribution in [1.29, 1.82) is 0 Å². The Morgan fingerprint density at radius 3 is 2.56 bits per heavy atom. The fraction of sp³-hybridized carbons (Fsp3) is 0.118. The van der Waals surface area contributed by atoms with Crippen LogP contribution in [0.1, 0.15) is 5.56 Å². The molecule has 0 amide bonds. The van der Waals surface area contributed by atoms with Gasteiger partial charge in [0.1, 0.15) is 0 Å². The van der Waals surface area contributed by atoms with E-state index in [2.05, 4.69) is 65.7 Å². The third kappa shape index (κ3) is 2.25. The molecule has 0 bridgehead atoms. The largest absolute Gasteiger partial charge is 0.281 e. The van der Waals surface area contributed by atoms with Crippen molar-refractivity contribution >= 4 is 5.57 Å². The summed E-state index contributed by atoms with van der Waals surface area (Å²) < 4.78 is 0. The molecule has 0 radical (unpaired) electrons. The fourth-order valence-electron chi connectivity index (χ4n) is 2.29. The minimum atomic E-state index is 0.773. The lowest BCUT2D eigenvalue weighted by molar-refractivity contribution is 1.14. The van der Waals surface area contributed by atoms with Crippen LogP contribution in [0.15, 0.2) is 71.7 Å². The van der Waals surface area contributed by atoms with Gasteiger partial charge in [-0.25, -0.2) is 0 Å². The van der Waals surface area contributed by atoms with Gasteiger partial charge >= 0.3 is 0 Å². The third-order valence-electron chi connectivity index (χ3n) is 3.17. The average molecular weight is 233 g/mol. The Bertz CT molecular complexity index is 681. The van der Waals surface area contributed by atoms with E-state index in [1.165, 1.54) is 16.4 Å². The summed E-state index contributed by atoms with van der Waals surface area (Å²) in [6, 6.07) is 19.0. The summed E-state index contributed by atoms with van der Waals surface area (Å²) in [6.07, 6.45) is 5.31. The molecule has 0 aliphatic carbocycles. The molecule has 0 aromatic heterocycles. The molecule has 18 heavy (non-hydrogen) atoms. The van der Waals surface area contributed by atoms with Crippen molar-refractivity contribution in [3.05, 3.63) is 82.9 Å². The Morgan fingerprint density at radius 2 is 1.67 bits per heavy atom. The number of allylic oxidation sites excluding steroid dienone is 1. The maximum absolute atomic E-state index is 4.57. The maximum Gasteiger partial charge on any atom is 0.0653 e. The number of para-hydroxylation sites is 1. The average Bonchev–Trinajstić information content (AvgIpc) is 2.63. The normalized spacial score (nSPS) is 13.7. The predicted molar refractivity (Wildman–Crippen MR) is 74.8 cm³/mol. The second-order valence-electron chi connectivity index (χ2n) is 4.45. The first-order valence-corrected chi connectivity index (χ1v) is 6.27. The second-order valence-corrected chi connectivity index (χ2v) is 4.45. The molecule has 1 aliphatic rings. The highest BCUT2D eigenvalue weighted by Crippen LogP contribution is 2.09. The van der Waals surface area contributed by atoms with Crippen molar-refractivity contribution in [2.24, 2.45) is 4.99 Å². The number of benzene rings is 2. The van der Waals surface area contributed by atoms with E-state index in [9.17, 15) is 0 Å². The second kappa shape index (κ2) is 5.01. The van der Waals surface area contributed by atoms with Gasteiger partial charge in [0, 0.05) is 5.22 Å². The van der Waals surface area contributed by atoms with Crippen LogP contribution in [0.4, 0.5) is 0 Å². The van der Waals surface area contributed by atoms with Gasteiger partial charge in [-0.05, 0) is 23.6 Å². The molecule has 0 fully saturated rings. The Hall–Kier alpha value is -2.15. The Morgan fingerprint density at radius 1 is 0.889 bits per heavy atom. The van der Waals surface area contributed by atoms with Gasteiger partial charge in [0.25, 0.3) is 0 Å². The third-order valence-corrected chi connectivity index (χ3v) is 3.17. The lowest BCUT2D eigenvalue weighted by Gasteiger charge is -2.02. The first-order valence-electron chi connectivity index (χ1n) is 6.27. The monoisotopic (exact) mass is 233 g/mol. The topological polar surface area (TPSA) is 12.4 Å². The lowest BCUT2D eigenvalue weighted by atomic mass is 10.0. The van der Waals surface area contributed by atoms with Gasteiger partial charge in [0.2, 0.25) is 0 Å². The van der Waals surface area contributed by atoms with Gasteiger partial charge in [0.05, 0.1) is 11.9 Å². The van der Waals surface area contributed by atoms with E-state index in [1.54, 1.807) is 0 Å². The highest BCUT2D eigenvalue weighted by Gasteiger charge is 2.01. The van der Waals surface area contributed by atoms with E-state index in [0.717, 1.165) is 18.3 Å². The molecular formula is C17H15N. The summed E-state index contributed by atoms with van der Waals surface area (Å²) in [6.45, 7) is 0.773. The van der Waals surface area contributed by atoms with Crippen LogP contribution in [-0.2, 0) is 6.42 Å². The van der Waals surface area contributed by atoms with Crippen LogP contribution < -0.4 is 10.6 Å². The van der Waals surface area contributed by atoms with Crippen LogP contribution in [0.5, 0.6) is 0 Å². The summed E-state index contributed by atoms with van der Waals surface area (Å²) in [4.78, 5) is 4.57. The summed E-state index contributed by atoms with van der Waals surface area (Å²) in [5.41, 5.74) is 2.69. The molecule has 0 N–H and O–H groups in total. The molecule has 1 heterocycles. The number of hydrogen-bond donors (Lipinski definition) is 0. The summed E-state index contributed by atoms with van der Waals surface area (Å²) in [5.74, 6) is 0. The fourth-order valence-corrected chi connectivity index (χ4v) is 2.29. The van der Waals surface area contributed by atoms with E-state index in [-0.39, 0.29) is 0 Å². The minimum absolute atomic E-state index is 0.773. The zero-order chi connectivity index (χ0) is 12.2. The molecular weight excluding hydrogens is 218 g/mol. The number of fused-ring (bicyclic) bond motifs is 1. The molecule has 0 saturated carbocycles. The van der Waals surface area contributed by atoms with Crippen LogP contribution in [0.25, 0.3) is 5.57 Å². The zero-order valence-electron chi connectivity index (χ0n) is 10.2. The van der Waals surface area contributed by atoms with Gasteiger partial charge in [-0.3, -0.25) is 4.99 Å². The van der Waals surface area contributed by atoms with E-state index in [0.29, 0.717) is 0 Å². The highest BCUT2D eigenvalue weighted by atomic mass is 14.7. The molecule has 0 spiro atoms. The van der Waals surface area contributed by atoms with E-state index in [1.807, 2.05) is 6.07 Å². The van der Waals surface area contributed by atoms with Crippen molar-refractivity contribution in [3.8, 4) is 0 Å². The van der Waals surface area contributed by atoms with Crippen molar-refractivity contribution < 1.29 is 0 Å². The molecule has 1 heteroatoms. The van der Waals surface area contributed by atoms with Crippen LogP contribution in [-0.4, -0.2) is 6.54 Å².